The topological polar surface area (TPSA) is 83.7 Å². The van der Waals surface area contributed by atoms with Crippen molar-refractivity contribution in [3.63, 3.8) is 0 Å². The summed E-state index contributed by atoms with van der Waals surface area (Å²) in [6, 6.07) is 11.3. The predicted molar refractivity (Wildman–Crippen MR) is 125 cm³/mol. The van der Waals surface area contributed by atoms with Crippen LogP contribution in [0.25, 0.3) is 11.6 Å². The minimum Gasteiger partial charge on any atom is -0.493 e. The van der Waals surface area contributed by atoms with Crippen LogP contribution in [0, 0.1) is 13.8 Å². The number of rotatable bonds is 4. The number of hydrogen-bond donors (Lipinski definition) is 2. The Hall–Kier alpha value is -2.97. The first-order valence-electron chi connectivity index (χ1n) is 9.17. The van der Waals surface area contributed by atoms with Crippen LogP contribution in [0.3, 0.4) is 0 Å². The standard InChI is InChI=1S/C22H18BrN3O3S/c1-12-3-5-16(7-13(12)2)25-20(27)11-26-21(28)19(30-22(26)29)8-14-10-24-18-6-4-15(23)9-17(14)18/h3-10,28H,11H2,1-2H3,(H,25,27)/b14-8+. The Bertz CT molecular complexity index is 1290. The first kappa shape index (κ1) is 20.3. The third kappa shape index (κ3) is 4.01. The Morgan fingerprint density at radius 2 is 2.03 bits per heavy atom. The number of benzene rings is 2. The van der Waals surface area contributed by atoms with E-state index in [4.69, 9.17) is 0 Å². The van der Waals surface area contributed by atoms with Gasteiger partial charge in [0.2, 0.25) is 11.8 Å². The molecular formula is C22H18BrN3O3S. The van der Waals surface area contributed by atoms with E-state index < -0.39 is 4.87 Å². The van der Waals surface area contributed by atoms with Crippen molar-refractivity contribution in [1.29, 1.82) is 0 Å². The molecule has 0 aliphatic carbocycles. The number of carbonyl (C=O) groups excluding carboxylic acids is 1. The summed E-state index contributed by atoms with van der Waals surface area (Å²) in [7, 11) is 0. The molecule has 0 atom stereocenters. The molecule has 0 saturated carbocycles. The van der Waals surface area contributed by atoms with E-state index in [0.717, 1.165) is 48.3 Å². The number of thiazole rings is 1. The number of amides is 1. The van der Waals surface area contributed by atoms with Crippen LogP contribution in [-0.4, -0.2) is 21.8 Å². The molecule has 8 heteroatoms. The zero-order chi connectivity index (χ0) is 21.4. The van der Waals surface area contributed by atoms with E-state index in [1.807, 2.05) is 44.2 Å². The molecule has 0 fully saturated rings. The molecule has 0 bridgehead atoms. The molecule has 2 aromatic carbocycles. The minimum atomic E-state index is -0.404. The highest BCUT2D eigenvalue weighted by molar-refractivity contribution is 9.10. The molecule has 1 aromatic heterocycles. The lowest BCUT2D eigenvalue weighted by Crippen LogP contribution is -2.24. The van der Waals surface area contributed by atoms with Crippen molar-refractivity contribution in [2.75, 3.05) is 5.32 Å². The summed E-state index contributed by atoms with van der Waals surface area (Å²) in [4.78, 5) is 29.1. The summed E-state index contributed by atoms with van der Waals surface area (Å²) in [6.45, 7) is 3.68. The Morgan fingerprint density at radius 3 is 2.80 bits per heavy atom. The van der Waals surface area contributed by atoms with Crippen LogP contribution in [0.15, 0.2) is 50.7 Å². The van der Waals surface area contributed by atoms with Crippen LogP contribution in [0.5, 0.6) is 5.88 Å². The molecule has 152 valence electrons. The average Bonchev–Trinajstić information content (AvgIpc) is 3.20. The van der Waals surface area contributed by atoms with E-state index in [9.17, 15) is 14.7 Å². The van der Waals surface area contributed by atoms with Gasteiger partial charge in [-0.3, -0.25) is 19.1 Å². The third-order valence-corrected chi connectivity index (χ3v) is 6.29. The van der Waals surface area contributed by atoms with Crippen molar-refractivity contribution in [3.8, 4) is 5.88 Å². The van der Waals surface area contributed by atoms with Gasteiger partial charge in [-0.25, -0.2) is 0 Å². The Morgan fingerprint density at radius 1 is 1.23 bits per heavy atom. The second kappa shape index (κ2) is 8.04. The quantitative estimate of drug-likeness (QED) is 0.553. The molecule has 0 radical (unpaired) electrons. The van der Waals surface area contributed by atoms with Gasteiger partial charge in [0.15, 0.2) is 0 Å². The summed E-state index contributed by atoms with van der Waals surface area (Å²) >= 11 is 4.33. The summed E-state index contributed by atoms with van der Waals surface area (Å²) < 4.78 is 1.98. The summed E-state index contributed by atoms with van der Waals surface area (Å²) in [5, 5.41) is 13.3. The van der Waals surface area contributed by atoms with E-state index in [-0.39, 0.29) is 18.3 Å². The maximum atomic E-state index is 12.4. The Kier molecular flexibility index (Phi) is 5.44. The predicted octanol–water partition coefficient (Wildman–Crippen LogP) is 4.89. The van der Waals surface area contributed by atoms with E-state index in [1.165, 1.54) is 0 Å². The highest BCUT2D eigenvalue weighted by Gasteiger charge is 2.18. The number of carbonyl (C=O) groups is 1. The van der Waals surface area contributed by atoms with Gasteiger partial charge in [0, 0.05) is 27.5 Å². The molecule has 0 spiro atoms. The lowest BCUT2D eigenvalue weighted by molar-refractivity contribution is -0.116. The highest BCUT2D eigenvalue weighted by Crippen LogP contribution is 2.36. The van der Waals surface area contributed by atoms with Crippen molar-refractivity contribution >= 4 is 62.4 Å². The maximum Gasteiger partial charge on any atom is 0.311 e. The fourth-order valence-electron chi connectivity index (χ4n) is 3.13. The summed E-state index contributed by atoms with van der Waals surface area (Å²) in [5.41, 5.74) is 5.35. The smallest absolute Gasteiger partial charge is 0.311 e. The minimum absolute atomic E-state index is 0.232. The van der Waals surface area contributed by atoms with E-state index in [2.05, 4.69) is 26.2 Å². The first-order chi connectivity index (χ1) is 14.3. The Labute approximate surface area is 185 Å². The average molecular weight is 484 g/mol. The van der Waals surface area contributed by atoms with Crippen LogP contribution in [0.1, 0.15) is 21.6 Å². The second-order valence-corrected chi connectivity index (χ2v) is 8.92. The highest BCUT2D eigenvalue weighted by atomic mass is 79.9. The molecule has 3 aromatic rings. The van der Waals surface area contributed by atoms with Crippen molar-refractivity contribution in [2.45, 2.75) is 20.4 Å². The fourth-order valence-corrected chi connectivity index (χ4v) is 4.33. The SMILES string of the molecule is Cc1ccc(NC(=O)Cn2c(O)c(/C=C3\C=Nc4ccc(Br)cc43)sc2=O)cc1C. The molecule has 0 saturated heterocycles. The molecule has 30 heavy (non-hydrogen) atoms. The van der Waals surface area contributed by atoms with Gasteiger partial charge in [0.1, 0.15) is 6.54 Å². The molecular weight excluding hydrogens is 466 g/mol. The van der Waals surface area contributed by atoms with Crippen molar-refractivity contribution in [1.82, 2.24) is 4.57 Å². The van der Waals surface area contributed by atoms with Gasteiger partial charge in [-0.2, -0.15) is 0 Å². The number of allylic oxidation sites excluding steroid dienone is 1. The van der Waals surface area contributed by atoms with Crippen LogP contribution in [0.4, 0.5) is 11.4 Å². The van der Waals surface area contributed by atoms with Crippen LogP contribution in [-0.2, 0) is 11.3 Å². The van der Waals surface area contributed by atoms with Gasteiger partial charge < -0.3 is 10.4 Å². The van der Waals surface area contributed by atoms with Crippen LogP contribution >= 0.6 is 27.3 Å². The summed E-state index contributed by atoms with van der Waals surface area (Å²) in [5.74, 6) is -0.617. The zero-order valence-corrected chi connectivity index (χ0v) is 18.7. The van der Waals surface area contributed by atoms with E-state index >= 15 is 0 Å². The lowest BCUT2D eigenvalue weighted by Gasteiger charge is -2.08. The fraction of sp³-hybridized carbons (Fsp3) is 0.136. The number of nitrogens with zero attached hydrogens (tertiary/aromatic N) is 2. The molecule has 2 N–H and O–H groups in total. The van der Waals surface area contributed by atoms with Gasteiger partial charge in [0.25, 0.3) is 0 Å². The largest absolute Gasteiger partial charge is 0.493 e. The van der Waals surface area contributed by atoms with Crippen molar-refractivity contribution in [2.24, 2.45) is 4.99 Å². The lowest BCUT2D eigenvalue weighted by atomic mass is 10.1. The number of nitrogens with one attached hydrogen (secondary N) is 1. The molecule has 6 nitrogen and oxygen atoms in total. The number of anilines is 1. The number of aromatic nitrogens is 1. The van der Waals surface area contributed by atoms with Crippen LogP contribution in [0.2, 0.25) is 0 Å². The monoisotopic (exact) mass is 483 g/mol. The molecule has 1 aliphatic rings. The number of hydrogen-bond acceptors (Lipinski definition) is 5. The maximum absolute atomic E-state index is 12.4. The molecule has 0 unspecified atom stereocenters. The number of halogens is 1. The normalized spacial score (nSPS) is 13.6. The molecule has 4 rings (SSSR count). The van der Waals surface area contributed by atoms with Gasteiger partial charge in [0.05, 0.1) is 10.6 Å². The molecule has 2 heterocycles. The Balaban J connectivity index is 1.57. The van der Waals surface area contributed by atoms with Gasteiger partial charge in [-0.05, 0) is 61.4 Å². The van der Waals surface area contributed by atoms with Gasteiger partial charge >= 0.3 is 4.87 Å². The molecule has 1 amide bonds. The summed E-state index contributed by atoms with van der Waals surface area (Å²) in [6.07, 6.45) is 3.40. The first-order valence-corrected chi connectivity index (χ1v) is 10.8. The number of aromatic hydroxyl groups is 1. The molecule has 1 aliphatic heterocycles. The second-order valence-electron chi connectivity index (χ2n) is 7.01. The van der Waals surface area contributed by atoms with E-state index in [1.54, 1.807) is 18.4 Å². The van der Waals surface area contributed by atoms with Gasteiger partial charge in [-0.1, -0.05) is 33.3 Å². The van der Waals surface area contributed by atoms with E-state index in [0.29, 0.717) is 10.6 Å². The van der Waals surface area contributed by atoms with Crippen molar-refractivity contribution in [3.05, 3.63) is 72.1 Å². The number of aryl methyl sites for hydroxylation is 2. The number of fused-ring (bicyclic) bond motifs is 1. The number of aliphatic imine (C=N–C) groups is 1. The van der Waals surface area contributed by atoms with Gasteiger partial charge in [-0.15, -0.1) is 0 Å². The third-order valence-electron chi connectivity index (χ3n) is 4.89. The van der Waals surface area contributed by atoms with Crippen LogP contribution < -0.4 is 10.2 Å². The zero-order valence-electron chi connectivity index (χ0n) is 16.3. The van der Waals surface area contributed by atoms with Crippen molar-refractivity contribution < 1.29 is 9.90 Å².